The van der Waals surface area contributed by atoms with Gasteiger partial charge in [0.2, 0.25) is 0 Å². The van der Waals surface area contributed by atoms with Crippen molar-refractivity contribution in [2.75, 3.05) is 0 Å². The van der Waals surface area contributed by atoms with Gasteiger partial charge in [-0.3, -0.25) is 9.59 Å². The summed E-state index contributed by atoms with van der Waals surface area (Å²) in [6, 6.07) is 7.18. The molecule has 0 aliphatic carbocycles. The van der Waals surface area contributed by atoms with Crippen LogP contribution >= 0.6 is 0 Å². The fourth-order valence-corrected chi connectivity index (χ4v) is 1.18. The van der Waals surface area contributed by atoms with E-state index in [-0.39, 0.29) is 5.78 Å². The number of Topliss-reactive ketones (excluding diaryl/α,β-unsaturated/α-hetero) is 1. The lowest BCUT2D eigenvalue weighted by molar-refractivity contribution is -0.116. The van der Waals surface area contributed by atoms with Crippen LogP contribution in [0.5, 0.6) is 0 Å². The van der Waals surface area contributed by atoms with Crippen LogP contribution in [-0.4, -0.2) is 11.7 Å². The summed E-state index contributed by atoms with van der Waals surface area (Å²) in [6.07, 6.45) is 0.381. The van der Waals surface area contributed by atoms with Crippen molar-refractivity contribution in [1.29, 1.82) is 0 Å². The van der Waals surface area contributed by atoms with Crippen molar-refractivity contribution in [2.24, 2.45) is 5.73 Å². The molecule has 0 saturated heterocycles. The number of primary amides is 1. The molecular formula is C12H11NO2. The zero-order valence-corrected chi connectivity index (χ0v) is 8.41. The third kappa shape index (κ3) is 4.10. The van der Waals surface area contributed by atoms with Crippen LogP contribution in [-0.2, 0) is 16.0 Å². The minimum absolute atomic E-state index is 0.0926. The zero-order chi connectivity index (χ0) is 11.3. The van der Waals surface area contributed by atoms with E-state index in [0.717, 1.165) is 5.56 Å². The Morgan fingerprint density at radius 2 is 2.13 bits per heavy atom. The summed E-state index contributed by atoms with van der Waals surface area (Å²) in [5.41, 5.74) is 6.47. The van der Waals surface area contributed by atoms with E-state index in [1.54, 1.807) is 18.2 Å². The first-order valence-corrected chi connectivity index (χ1v) is 4.48. The second kappa shape index (κ2) is 4.97. The van der Waals surface area contributed by atoms with Gasteiger partial charge in [-0.15, -0.1) is 0 Å². The van der Waals surface area contributed by atoms with E-state index in [9.17, 15) is 9.59 Å². The molecule has 1 aromatic rings. The molecule has 0 fully saturated rings. The minimum atomic E-state index is -0.660. The molecule has 3 heteroatoms. The Bertz CT molecular complexity index is 452. The first kappa shape index (κ1) is 11.0. The van der Waals surface area contributed by atoms with Gasteiger partial charge in [-0.1, -0.05) is 18.1 Å². The van der Waals surface area contributed by atoms with Crippen molar-refractivity contribution in [3.8, 4) is 11.8 Å². The first-order chi connectivity index (χ1) is 7.08. The number of carbonyl (C=O) groups is 2. The standard InChI is InChI=1S/C12H11NO2/c1-9(14)7-11-4-2-3-10(8-11)5-6-12(13)15/h2-4,8H,7H2,1H3,(H2,13,15). The topological polar surface area (TPSA) is 60.2 Å². The molecule has 0 aromatic heterocycles. The maximum absolute atomic E-state index is 10.9. The maximum Gasteiger partial charge on any atom is 0.293 e. The minimum Gasteiger partial charge on any atom is -0.359 e. The van der Waals surface area contributed by atoms with Crippen LogP contribution in [0.1, 0.15) is 18.1 Å². The molecule has 0 unspecified atom stereocenters. The number of benzene rings is 1. The van der Waals surface area contributed by atoms with Crippen molar-refractivity contribution < 1.29 is 9.59 Å². The Morgan fingerprint density at radius 1 is 1.40 bits per heavy atom. The fourth-order valence-electron chi connectivity index (χ4n) is 1.18. The van der Waals surface area contributed by atoms with E-state index in [1.165, 1.54) is 6.92 Å². The predicted octanol–water partition coefficient (Wildman–Crippen LogP) is 0.655. The average molecular weight is 201 g/mol. The Morgan fingerprint density at radius 3 is 2.73 bits per heavy atom. The van der Waals surface area contributed by atoms with Crippen LogP contribution in [0, 0.1) is 11.8 Å². The summed E-state index contributed by atoms with van der Waals surface area (Å²) in [6.45, 7) is 1.53. The van der Waals surface area contributed by atoms with Gasteiger partial charge < -0.3 is 5.73 Å². The first-order valence-electron chi connectivity index (χ1n) is 4.48. The van der Waals surface area contributed by atoms with Crippen molar-refractivity contribution in [1.82, 2.24) is 0 Å². The van der Waals surface area contributed by atoms with Crippen molar-refractivity contribution >= 4 is 11.7 Å². The van der Waals surface area contributed by atoms with E-state index in [4.69, 9.17) is 5.73 Å². The van der Waals surface area contributed by atoms with Crippen LogP contribution in [0.4, 0.5) is 0 Å². The largest absolute Gasteiger partial charge is 0.359 e. The summed E-state index contributed by atoms with van der Waals surface area (Å²) in [5.74, 6) is 4.30. The normalized spacial score (nSPS) is 8.87. The van der Waals surface area contributed by atoms with E-state index in [2.05, 4.69) is 11.8 Å². The molecule has 1 amide bonds. The Kier molecular flexibility index (Phi) is 3.64. The SMILES string of the molecule is CC(=O)Cc1cccc(C#CC(N)=O)c1. The van der Waals surface area contributed by atoms with Crippen molar-refractivity contribution in [3.05, 3.63) is 35.4 Å². The molecule has 0 bridgehead atoms. The molecule has 0 atom stereocenters. The van der Waals surface area contributed by atoms with Gasteiger partial charge in [-0.25, -0.2) is 0 Å². The average Bonchev–Trinajstić information content (AvgIpc) is 2.14. The van der Waals surface area contributed by atoms with Gasteiger partial charge in [0.05, 0.1) is 0 Å². The molecule has 2 N–H and O–H groups in total. The molecule has 76 valence electrons. The molecule has 15 heavy (non-hydrogen) atoms. The predicted molar refractivity (Wildman–Crippen MR) is 56.9 cm³/mol. The third-order valence-corrected chi connectivity index (χ3v) is 1.71. The molecule has 0 aliphatic heterocycles. The van der Waals surface area contributed by atoms with Crippen LogP contribution in [0.3, 0.4) is 0 Å². The number of amides is 1. The van der Waals surface area contributed by atoms with Crippen molar-refractivity contribution in [3.63, 3.8) is 0 Å². The highest BCUT2D eigenvalue weighted by molar-refractivity contribution is 5.92. The number of carbonyl (C=O) groups excluding carboxylic acids is 2. The molecule has 1 aromatic carbocycles. The summed E-state index contributed by atoms with van der Waals surface area (Å²) in [5, 5.41) is 0. The summed E-state index contributed by atoms with van der Waals surface area (Å²) >= 11 is 0. The lowest BCUT2D eigenvalue weighted by Gasteiger charge is -1.97. The molecular weight excluding hydrogens is 190 g/mol. The molecule has 0 aliphatic rings. The van der Waals surface area contributed by atoms with E-state index in [0.29, 0.717) is 12.0 Å². The van der Waals surface area contributed by atoms with Gasteiger partial charge in [0.25, 0.3) is 5.91 Å². The molecule has 0 heterocycles. The van der Waals surface area contributed by atoms with Crippen LogP contribution in [0.2, 0.25) is 0 Å². The quantitative estimate of drug-likeness (QED) is 0.714. The zero-order valence-electron chi connectivity index (χ0n) is 8.41. The lowest BCUT2D eigenvalue weighted by atomic mass is 10.1. The van der Waals surface area contributed by atoms with Crippen LogP contribution < -0.4 is 5.73 Å². The van der Waals surface area contributed by atoms with Gasteiger partial charge in [0.15, 0.2) is 0 Å². The highest BCUT2D eigenvalue weighted by atomic mass is 16.1. The second-order valence-electron chi connectivity index (χ2n) is 3.19. The number of hydrogen-bond acceptors (Lipinski definition) is 2. The highest BCUT2D eigenvalue weighted by Gasteiger charge is 1.97. The van der Waals surface area contributed by atoms with Crippen molar-refractivity contribution in [2.45, 2.75) is 13.3 Å². The third-order valence-electron chi connectivity index (χ3n) is 1.71. The van der Waals surface area contributed by atoms with Gasteiger partial charge in [0.1, 0.15) is 5.78 Å². The summed E-state index contributed by atoms with van der Waals surface area (Å²) in [4.78, 5) is 21.3. The smallest absolute Gasteiger partial charge is 0.293 e. The second-order valence-corrected chi connectivity index (χ2v) is 3.19. The van der Waals surface area contributed by atoms with Gasteiger partial charge in [0, 0.05) is 12.0 Å². The fraction of sp³-hybridized carbons (Fsp3) is 0.167. The van der Waals surface area contributed by atoms with Crippen LogP contribution in [0.15, 0.2) is 24.3 Å². The van der Waals surface area contributed by atoms with E-state index in [1.807, 2.05) is 6.07 Å². The van der Waals surface area contributed by atoms with Gasteiger partial charge in [-0.2, -0.15) is 0 Å². The Labute approximate surface area is 88.3 Å². The van der Waals surface area contributed by atoms with E-state index >= 15 is 0 Å². The Balaban J connectivity index is 2.89. The van der Waals surface area contributed by atoms with E-state index < -0.39 is 5.91 Å². The molecule has 0 spiro atoms. The maximum atomic E-state index is 10.9. The molecule has 0 radical (unpaired) electrons. The Hall–Kier alpha value is -2.08. The summed E-state index contributed by atoms with van der Waals surface area (Å²) < 4.78 is 0. The molecule has 0 saturated carbocycles. The van der Waals surface area contributed by atoms with Crippen LogP contribution in [0.25, 0.3) is 0 Å². The summed E-state index contributed by atoms with van der Waals surface area (Å²) in [7, 11) is 0. The number of hydrogen-bond donors (Lipinski definition) is 1. The lowest BCUT2D eigenvalue weighted by Crippen LogP contribution is -2.06. The van der Waals surface area contributed by atoms with Gasteiger partial charge >= 0.3 is 0 Å². The monoisotopic (exact) mass is 201 g/mol. The number of nitrogens with two attached hydrogens (primary N) is 1. The molecule has 1 rings (SSSR count). The number of rotatable bonds is 2. The number of ketones is 1. The van der Waals surface area contributed by atoms with Gasteiger partial charge in [-0.05, 0) is 30.5 Å². The highest BCUT2D eigenvalue weighted by Crippen LogP contribution is 2.05. The molecule has 3 nitrogen and oxygen atoms in total.